The van der Waals surface area contributed by atoms with Crippen LogP contribution in [0.1, 0.15) is 25.0 Å². The summed E-state index contributed by atoms with van der Waals surface area (Å²) in [7, 11) is 0. The van der Waals surface area contributed by atoms with E-state index in [2.05, 4.69) is 29.8 Å². The SMILES string of the molecule is CCN(CC)c1nc2c(C)cc(Cl)cc2cc1C#N. The third-order valence-corrected chi connectivity index (χ3v) is 3.45. The smallest absolute Gasteiger partial charge is 0.147 e. The summed E-state index contributed by atoms with van der Waals surface area (Å²) < 4.78 is 0. The van der Waals surface area contributed by atoms with Crippen molar-refractivity contribution in [2.24, 2.45) is 0 Å². The van der Waals surface area contributed by atoms with Gasteiger partial charge in [-0.25, -0.2) is 4.98 Å². The minimum Gasteiger partial charge on any atom is -0.356 e. The molecule has 0 aliphatic carbocycles. The predicted octanol–water partition coefficient (Wildman–Crippen LogP) is 3.91. The molecule has 0 saturated carbocycles. The van der Waals surface area contributed by atoms with E-state index in [0.717, 1.165) is 35.4 Å². The molecule has 0 fully saturated rings. The molecule has 0 radical (unpaired) electrons. The molecule has 3 nitrogen and oxygen atoms in total. The maximum Gasteiger partial charge on any atom is 0.147 e. The van der Waals surface area contributed by atoms with Gasteiger partial charge in [0.1, 0.15) is 11.9 Å². The van der Waals surface area contributed by atoms with Crippen molar-refractivity contribution in [2.45, 2.75) is 20.8 Å². The van der Waals surface area contributed by atoms with Crippen molar-refractivity contribution in [1.82, 2.24) is 4.98 Å². The molecule has 0 aliphatic heterocycles. The van der Waals surface area contributed by atoms with Gasteiger partial charge in [-0.2, -0.15) is 5.26 Å². The van der Waals surface area contributed by atoms with Crippen LogP contribution in [0.5, 0.6) is 0 Å². The van der Waals surface area contributed by atoms with E-state index in [0.29, 0.717) is 10.6 Å². The number of rotatable bonds is 3. The van der Waals surface area contributed by atoms with Gasteiger partial charge in [-0.3, -0.25) is 0 Å². The molecule has 1 heterocycles. The minimum absolute atomic E-state index is 0.595. The fourth-order valence-corrected chi connectivity index (χ4v) is 2.54. The Kier molecular flexibility index (Phi) is 3.92. The van der Waals surface area contributed by atoms with Crippen LogP contribution in [0, 0.1) is 18.3 Å². The second-order valence-electron chi connectivity index (χ2n) is 4.44. The van der Waals surface area contributed by atoms with Crippen LogP contribution in [-0.4, -0.2) is 18.1 Å². The van der Waals surface area contributed by atoms with Crippen molar-refractivity contribution < 1.29 is 0 Å². The molecule has 0 unspecified atom stereocenters. The molecule has 1 aromatic heterocycles. The predicted molar refractivity (Wildman–Crippen MR) is 79.8 cm³/mol. The Balaban J connectivity index is 2.75. The standard InChI is InChI=1S/C15H16ClN3/c1-4-19(5-2)15-12(9-17)7-11-8-13(16)6-10(3)14(11)18-15/h6-8H,4-5H2,1-3H3. The lowest BCUT2D eigenvalue weighted by Crippen LogP contribution is -2.24. The number of benzene rings is 1. The number of anilines is 1. The normalized spacial score (nSPS) is 10.5. The van der Waals surface area contributed by atoms with E-state index >= 15 is 0 Å². The largest absolute Gasteiger partial charge is 0.356 e. The molecule has 0 N–H and O–H groups in total. The van der Waals surface area contributed by atoms with E-state index in [1.54, 1.807) is 0 Å². The number of hydrogen-bond donors (Lipinski definition) is 0. The number of nitrogens with zero attached hydrogens (tertiary/aromatic N) is 3. The summed E-state index contributed by atoms with van der Waals surface area (Å²) in [4.78, 5) is 6.76. The zero-order valence-corrected chi connectivity index (χ0v) is 12.1. The number of hydrogen-bond acceptors (Lipinski definition) is 3. The van der Waals surface area contributed by atoms with E-state index in [-0.39, 0.29) is 0 Å². The first-order chi connectivity index (χ1) is 9.10. The first kappa shape index (κ1) is 13.6. The van der Waals surface area contributed by atoms with Crippen molar-refractivity contribution in [3.8, 4) is 6.07 Å². The summed E-state index contributed by atoms with van der Waals surface area (Å²) in [6.07, 6.45) is 0. The first-order valence-corrected chi connectivity index (χ1v) is 6.74. The quantitative estimate of drug-likeness (QED) is 0.851. The van der Waals surface area contributed by atoms with Crippen molar-refractivity contribution in [2.75, 3.05) is 18.0 Å². The van der Waals surface area contributed by atoms with Crippen LogP contribution in [0.4, 0.5) is 5.82 Å². The Morgan fingerprint density at radius 3 is 2.53 bits per heavy atom. The van der Waals surface area contributed by atoms with E-state index in [9.17, 15) is 5.26 Å². The topological polar surface area (TPSA) is 39.9 Å². The highest BCUT2D eigenvalue weighted by atomic mass is 35.5. The Morgan fingerprint density at radius 1 is 1.26 bits per heavy atom. The highest BCUT2D eigenvalue weighted by Gasteiger charge is 2.13. The van der Waals surface area contributed by atoms with Gasteiger partial charge in [-0.1, -0.05) is 11.6 Å². The van der Waals surface area contributed by atoms with Crippen LogP contribution < -0.4 is 4.90 Å². The summed E-state index contributed by atoms with van der Waals surface area (Å²) >= 11 is 6.06. The lowest BCUT2D eigenvalue weighted by molar-refractivity contribution is 0.847. The van der Waals surface area contributed by atoms with Crippen LogP contribution in [0.15, 0.2) is 18.2 Å². The van der Waals surface area contributed by atoms with Gasteiger partial charge in [-0.15, -0.1) is 0 Å². The van der Waals surface area contributed by atoms with Crippen LogP contribution in [0.2, 0.25) is 5.02 Å². The van der Waals surface area contributed by atoms with Crippen molar-refractivity contribution in [1.29, 1.82) is 5.26 Å². The minimum atomic E-state index is 0.595. The van der Waals surface area contributed by atoms with E-state index in [1.807, 2.05) is 25.1 Å². The molecule has 2 aromatic rings. The third-order valence-electron chi connectivity index (χ3n) is 3.24. The number of pyridine rings is 1. The lowest BCUT2D eigenvalue weighted by Gasteiger charge is -2.21. The van der Waals surface area contributed by atoms with Crippen molar-refractivity contribution in [3.05, 3.63) is 34.3 Å². The molecule has 1 aromatic carbocycles. The first-order valence-electron chi connectivity index (χ1n) is 6.36. The number of aryl methyl sites for hydroxylation is 1. The van der Waals surface area contributed by atoms with Gasteiger partial charge in [0.05, 0.1) is 11.1 Å². The fourth-order valence-electron chi connectivity index (χ4n) is 2.26. The van der Waals surface area contributed by atoms with E-state index < -0.39 is 0 Å². The summed E-state index contributed by atoms with van der Waals surface area (Å²) in [6.45, 7) is 7.77. The van der Waals surface area contributed by atoms with Crippen molar-refractivity contribution >= 4 is 28.3 Å². The van der Waals surface area contributed by atoms with Crippen molar-refractivity contribution in [3.63, 3.8) is 0 Å². The molecular formula is C15H16ClN3. The van der Waals surface area contributed by atoms with E-state index in [1.165, 1.54) is 0 Å². The van der Waals surface area contributed by atoms with Gasteiger partial charge < -0.3 is 4.90 Å². The second kappa shape index (κ2) is 5.46. The summed E-state index contributed by atoms with van der Waals surface area (Å²) in [5.41, 5.74) is 2.53. The number of nitriles is 1. The third kappa shape index (κ3) is 2.50. The Hall–Kier alpha value is -1.79. The molecule has 0 atom stereocenters. The average molecular weight is 274 g/mol. The molecule has 19 heavy (non-hydrogen) atoms. The Bertz CT molecular complexity index is 654. The zero-order valence-electron chi connectivity index (χ0n) is 11.4. The van der Waals surface area contributed by atoms with Crippen LogP contribution in [-0.2, 0) is 0 Å². The van der Waals surface area contributed by atoms with Crippen LogP contribution in [0.25, 0.3) is 10.9 Å². The maximum atomic E-state index is 9.31. The number of fused-ring (bicyclic) bond motifs is 1. The highest BCUT2D eigenvalue weighted by molar-refractivity contribution is 6.31. The Labute approximate surface area is 118 Å². The Morgan fingerprint density at radius 2 is 1.95 bits per heavy atom. The van der Waals surface area contributed by atoms with Gasteiger partial charge in [0.15, 0.2) is 0 Å². The molecule has 98 valence electrons. The molecule has 0 spiro atoms. The number of halogens is 1. The lowest BCUT2D eigenvalue weighted by atomic mass is 10.1. The highest BCUT2D eigenvalue weighted by Crippen LogP contribution is 2.27. The molecular weight excluding hydrogens is 258 g/mol. The second-order valence-corrected chi connectivity index (χ2v) is 4.87. The summed E-state index contributed by atoms with van der Waals surface area (Å²) in [6, 6.07) is 7.85. The van der Waals surface area contributed by atoms with Gasteiger partial charge >= 0.3 is 0 Å². The van der Waals surface area contributed by atoms with Gasteiger partial charge in [-0.05, 0) is 44.5 Å². The maximum absolute atomic E-state index is 9.31. The summed E-state index contributed by atoms with van der Waals surface area (Å²) in [5.74, 6) is 0.755. The molecule has 2 rings (SSSR count). The molecule has 0 saturated heterocycles. The van der Waals surface area contributed by atoms with Crippen LogP contribution >= 0.6 is 11.6 Å². The molecule has 4 heteroatoms. The zero-order chi connectivity index (χ0) is 14.0. The molecule has 0 amide bonds. The van der Waals surface area contributed by atoms with E-state index in [4.69, 9.17) is 11.6 Å². The van der Waals surface area contributed by atoms with Gasteiger partial charge in [0, 0.05) is 23.5 Å². The molecule has 0 bridgehead atoms. The molecule has 0 aliphatic rings. The van der Waals surface area contributed by atoms with Gasteiger partial charge in [0.2, 0.25) is 0 Å². The average Bonchev–Trinajstić information content (AvgIpc) is 2.39. The van der Waals surface area contributed by atoms with Gasteiger partial charge in [0.25, 0.3) is 0 Å². The van der Waals surface area contributed by atoms with Crippen LogP contribution in [0.3, 0.4) is 0 Å². The summed E-state index contributed by atoms with van der Waals surface area (Å²) in [5, 5.41) is 10.9. The fraction of sp³-hybridized carbons (Fsp3) is 0.333. The number of aromatic nitrogens is 1. The monoisotopic (exact) mass is 273 g/mol.